The molecule has 0 saturated carbocycles. The number of amides is 1. The van der Waals surface area contributed by atoms with Crippen LogP contribution in [-0.2, 0) is 17.9 Å². The highest BCUT2D eigenvalue weighted by atomic mass is 35.5. The van der Waals surface area contributed by atoms with Crippen LogP contribution in [0.5, 0.6) is 5.75 Å². The number of hydrogen-bond donors (Lipinski definition) is 1. The number of nitrogens with one attached hydrogen (secondary N) is 1. The van der Waals surface area contributed by atoms with Crippen molar-refractivity contribution < 1.29 is 9.53 Å². The number of aromatic nitrogens is 3. The van der Waals surface area contributed by atoms with Gasteiger partial charge in [-0.2, -0.15) is 0 Å². The summed E-state index contributed by atoms with van der Waals surface area (Å²) in [5.41, 5.74) is 2.73. The summed E-state index contributed by atoms with van der Waals surface area (Å²) in [4.78, 5) is 12.4. The minimum atomic E-state index is -0.227. The predicted molar refractivity (Wildman–Crippen MR) is 126 cm³/mol. The molecule has 3 aromatic rings. The lowest BCUT2D eigenvalue weighted by molar-refractivity contribution is -0.113. The van der Waals surface area contributed by atoms with Gasteiger partial charge in [0.2, 0.25) is 5.91 Å². The maximum Gasteiger partial charge on any atom is 0.234 e. The molecule has 0 aliphatic carbocycles. The summed E-state index contributed by atoms with van der Waals surface area (Å²) in [5, 5.41) is 12.5. The van der Waals surface area contributed by atoms with E-state index in [1.165, 1.54) is 11.8 Å². The molecule has 3 rings (SSSR count). The minimum absolute atomic E-state index is 0.135. The van der Waals surface area contributed by atoms with E-state index in [1.54, 1.807) is 24.3 Å². The summed E-state index contributed by atoms with van der Waals surface area (Å²) in [6, 6.07) is 11.1. The number of anilines is 1. The van der Waals surface area contributed by atoms with Gasteiger partial charge in [-0.1, -0.05) is 53.2 Å². The molecule has 0 radical (unpaired) electrons. The van der Waals surface area contributed by atoms with Crippen LogP contribution in [-0.4, -0.2) is 26.4 Å². The number of carbonyl (C=O) groups is 1. The molecule has 0 saturated heterocycles. The lowest BCUT2D eigenvalue weighted by Gasteiger charge is -2.11. The molecule has 31 heavy (non-hydrogen) atoms. The standard InChI is InChI=1S/C22H22Cl2N4O2S/c1-4-8-28-19(12-30-16-10-14(2)9-15(3)11-16)26-27-22(28)31-13-20(29)25-18-7-5-6-17(23)21(18)24/h4-7,9-11H,1,8,12-13H2,2-3H3,(H,25,29). The van der Waals surface area contributed by atoms with Crippen molar-refractivity contribution in [3.63, 3.8) is 0 Å². The first-order valence-corrected chi connectivity index (χ1v) is 11.2. The molecular formula is C22H22Cl2N4O2S. The second-order valence-electron chi connectivity index (χ2n) is 6.85. The van der Waals surface area contributed by atoms with Gasteiger partial charge in [-0.3, -0.25) is 9.36 Å². The Hall–Kier alpha value is -2.48. The average Bonchev–Trinajstić information content (AvgIpc) is 3.09. The van der Waals surface area contributed by atoms with E-state index in [9.17, 15) is 4.79 Å². The Bertz CT molecular complexity index is 1080. The summed E-state index contributed by atoms with van der Waals surface area (Å²) in [7, 11) is 0. The van der Waals surface area contributed by atoms with E-state index in [0.29, 0.717) is 33.3 Å². The molecule has 0 bridgehead atoms. The van der Waals surface area contributed by atoms with Crippen molar-refractivity contribution in [1.82, 2.24) is 14.8 Å². The summed E-state index contributed by atoms with van der Waals surface area (Å²) in [6.45, 7) is 8.60. The fourth-order valence-corrected chi connectivity index (χ4v) is 4.04. The van der Waals surface area contributed by atoms with E-state index >= 15 is 0 Å². The van der Waals surface area contributed by atoms with E-state index in [-0.39, 0.29) is 18.3 Å². The maximum absolute atomic E-state index is 12.4. The molecule has 0 aliphatic rings. The molecule has 162 valence electrons. The van der Waals surface area contributed by atoms with Gasteiger partial charge in [0, 0.05) is 6.54 Å². The molecule has 0 fully saturated rings. The van der Waals surface area contributed by atoms with Crippen molar-refractivity contribution in [2.45, 2.75) is 32.2 Å². The predicted octanol–water partition coefficient (Wildman–Crippen LogP) is 5.70. The molecule has 2 aromatic carbocycles. The van der Waals surface area contributed by atoms with Gasteiger partial charge in [0.25, 0.3) is 0 Å². The number of rotatable bonds is 9. The van der Waals surface area contributed by atoms with Crippen molar-refractivity contribution in [3.05, 3.63) is 76.0 Å². The van der Waals surface area contributed by atoms with Crippen LogP contribution in [0.25, 0.3) is 0 Å². The van der Waals surface area contributed by atoms with Crippen LogP contribution in [0.15, 0.2) is 54.2 Å². The number of thioether (sulfide) groups is 1. The monoisotopic (exact) mass is 476 g/mol. The van der Waals surface area contributed by atoms with Crippen LogP contribution in [0.1, 0.15) is 17.0 Å². The highest BCUT2D eigenvalue weighted by molar-refractivity contribution is 7.99. The molecule has 0 spiro atoms. The second kappa shape index (κ2) is 10.7. The van der Waals surface area contributed by atoms with Gasteiger partial charge in [0.05, 0.1) is 21.5 Å². The van der Waals surface area contributed by atoms with Gasteiger partial charge in [-0.15, -0.1) is 16.8 Å². The first-order chi connectivity index (χ1) is 14.9. The quantitative estimate of drug-likeness (QED) is 0.316. The van der Waals surface area contributed by atoms with E-state index in [0.717, 1.165) is 16.9 Å². The van der Waals surface area contributed by atoms with E-state index in [4.69, 9.17) is 27.9 Å². The Morgan fingerprint density at radius 1 is 1.23 bits per heavy atom. The lowest BCUT2D eigenvalue weighted by atomic mass is 10.1. The second-order valence-corrected chi connectivity index (χ2v) is 8.58. The van der Waals surface area contributed by atoms with Gasteiger partial charge >= 0.3 is 0 Å². The van der Waals surface area contributed by atoms with Gasteiger partial charge < -0.3 is 10.1 Å². The third kappa shape index (κ3) is 6.26. The fourth-order valence-electron chi connectivity index (χ4n) is 2.93. The topological polar surface area (TPSA) is 69.0 Å². The number of nitrogens with zero attached hydrogens (tertiary/aromatic N) is 3. The molecular weight excluding hydrogens is 455 g/mol. The average molecular weight is 477 g/mol. The molecule has 9 heteroatoms. The van der Waals surface area contributed by atoms with Crippen molar-refractivity contribution in [3.8, 4) is 5.75 Å². The van der Waals surface area contributed by atoms with Crippen molar-refractivity contribution in [2.24, 2.45) is 0 Å². The molecule has 1 heterocycles. The number of halogens is 2. The molecule has 0 atom stereocenters. The third-order valence-corrected chi connectivity index (χ3v) is 6.01. The largest absolute Gasteiger partial charge is 0.486 e. The highest BCUT2D eigenvalue weighted by Crippen LogP contribution is 2.30. The van der Waals surface area contributed by atoms with Crippen LogP contribution in [0, 0.1) is 13.8 Å². The molecule has 0 aliphatic heterocycles. The Labute approximate surface area is 195 Å². The number of allylic oxidation sites excluding steroid dienone is 1. The highest BCUT2D eigenvalue weighted by Gasteiger charge is 2.15. The number of aryl methyl sites for hydroxylation is 2. The smallest absolute Gasteiger partial charge is 0.234 e. The van der Waals surface area contributed by atoms with Crippen molar-refractivity contribution in [2.75, 3.05) is 11.1 Å². The van der Waals surface area contributed by atoms with Gasteiger partial charge in [-0.25, -0.2) is 0 Å². The normalized spacial score (nSPS) is 10.7. The zero-order chi connectivity index (χ0) is 22.4. The van der Waals surface area contributed by atoms with E-state index in [1.807, 2.05) is 30.5 Å². The summed E-state index contributed by atoms with van der Waals surface area (Å²) in [5.74, 6) is 1.34. The Balaban J connectivity index is 1.64. The van der Waals surface area contributed by atoms with Crippen molar-refractivity contribution in [1.29, 1.82) is 0 Å². The van der Waals surface area contributed by atoms with Gasteiger partial charge in [-0.05, 0) is 49.2 Å². The molecule has 1 aromatic heterocycles. The number of ether oxygens (including phenoxy) is 1. The van der Waals surface area contributed by atoms with E-state index < -0.39 is 0 Å². The first-order valence-electron chi connectivity index (χ1n) is 9.48. The van der Waals surface area contributed by atoms with Crippen LogP contribution in [0.4, 0.5) is 5.69 Å². The van der Waals surface area contributed by atoms with Gasteiger partial charge in [0.15, 0.2) is 11.0 Å². The van der Waals surface area contributed by atoms with E-state index in [2.05, 4.69) is 28.2 Å². The SMILES string of the molecule is C=CCn1c(COc2cc(C)cc(C)c2)nnc1SCC(=O)Nc1cccc(Cl)c1Cl. The summed E-state index contributed by atoms with van der Waals surface area (Å²) >= 11 is 13.4. The zero-order valence-corrected chi connectivity index (χ0v) is 19.5. The van der Waals surface area contributed by atoms with Crippen LogP contribution in [0.3, 0.4) is 0 Å². The Morgan fingerprint density at radius 2 is 1.97 bits per heavy atom. The van der Waals surface area contributed by atoms with Crippen LogP contribution in [0.2, 0.25) is 10.0 Å². The molecule has 0 unspecified atom stereocenters. The first kappa shape index (κ1) is 23.2. The third-order valence-electron chi connectivity index (χ3n) is 4.23. The Kier molecular flexibility index (Phi) is 8.01. The maximum atomic E-state index is 12.4. The molecule has 1 amide bonds. The minimum Gasteiger partial charge on any atom is -0.486 e. The van der Waals surface area contributed by atoms with Crippen LogP contribution >= 0.6 is 35.0 Å². The number of carbonyl (C=O) groups excluding carboxylic acids is 1. The zero-order valence-electron chi connectivity index (χ0n) is 17.2. The van der Waals surface area contributed by atoms with Gasteiger partial charge in [0.1, 0.15) is 12.4 Å². The molecule has 1 N–H and O–H groups in total. The number of hydrogen-bond acceptors (Lipinski definition) is 5. The number of benzene rings is 2. The van der Waals surface area contributed by atoms with Crippen LogP contribution < -0.4 is 10.1 Å². The lowest BCUT2D eigenvalue weighted by Crippen LogP contribution is -2.15. The van der Waals surface area contributed by atoms with Crippen molar-refractivity contribution >= 4 is 46.6 Å². The summed E-state index contributed by atoms with van der Waals surface area (Å²) < 4.78 is 7.78. The Morgan fingerprint density at radius 3 is 2.68 bits per heavy atom. The fraction of sp³-hybridized carbons (Fsp3) is 0.227. The molecule has 6 nitrogen and oxygen atoms in total. The summed E-state index contributed by atoms with van der Waals surface area (Å²) in [6.07, 6.45) is 1.75.